The zero-order valence-electron chi connectivity index (χ0n) is 10.2. The number of ether oxygens (including phenoxy) is 2. The van der Waals surface area contributed by atoms with Gasteiger partial charge in [-0.1, -0.05) is 13.5 Å². The maximum Gasteiger partial charge on any atom is 0.333 e. The molecular formula is C12H22O3. The van der Waals surface area contributed by atoms with Crippen LogP contribution in [0.1, 0.15) is 40.5 Å². The Balaban J connectivity index is 3.62. The van der Waals surface area contributed by atoms with Crippen molar-refractivity contribution in [2.75, 3.05) is 6.61 Å². The Morgan fingerprint density at radius 3 is 2.40 bits per heavy atom. The van der Waals surface area contributed by atoms with E-state index in [0.717, 1.165) is 12.8 Å². The number of hydrogen-bond donors (Lipinski definition) is 0. The molecule has 0 N–H and O–H groups in total. The third kappa shape index (κ3) is 7.14. The molecule has 0 aliphatic rings. The van der Waals surface area contributed by atoms with Gasteiger partial charge in [0.1, 0.15) is 6.10 Å². The van der Waals surface area contributed by atoms with Gasteiger partial charge in [0.25, 0.3) is 0 Å². The van der Waals surface area contributed by atoms with E-state index in [1.54, 1.807) is 6.92 Å². The summed E-state index contributed by atoms with van der Waals surface area (Å²) in [5.74, 6) is -0.328. The Labute approximate surface area is 92.5 Å². The monoisotopic (exact) mass is 214 g/mol. The van der Waals surface area contributed by atoms with E-state index in [9.17, 15) is 4.79 Å². The van der Waals surface area contributed by atoms with Crippen LogP contribution in [0.25, 0.3) is 0 Å². The van der Waals surface area contributed by atoms with Crippen LogP contribution in [0.5, 0.6) is 0 Å². The highest BCUT2D eigenvalue weighted by molar-refractivity contribution is 5.87. The molecule has 2 unspecified atom stereocenters. The van der Waals surface area contributed by atoms with Gasteiger partial charge in [-0.15, -0.1) is 0 Å². The van der Waals surface area contributed by atoms with Crippen molar-refractivity contribution >= 4 is 5.97 Å². The molecule has 0 aromatic rings. The smallest absolute Gasteiger partial charge is 0.333 e. The summed E-state index contributed by atoms with van der Waals surface area (Å²) in [7, 11) is 0. The van der Waals surface area contributed by atoms with Gasteiger partial charge in [0.15, 0.2) is 0 Å². The van der Waals surface area contributed by atoms with Crippen molar-refractivity contribution in [3.63, 3.8) is 0 Å². The molecule has 0 aromatic heterocycles. The molecule has 0 rings (SSSR count). The highest BCUT2D eigenvalue weighted by atomic mass is 16.5. The summed E-state index contributed by atoms with van der Waals surface area (Å²) >= 11 is 0. The second-order valence-corrected chi connectivity index (χ2v) is 3.87. The lowest BCUT2D eigenvalue weighted by molar-refractivity contribution is -0.144. The summed E-state index contributed by atoms with van der Waals surface area (Å²) < 4.78 is 10.6. The highest BCUT2D eigenvalue weighted by Gasteiger charge is 2.10. The van der Waals surface area contributed by atoms with Gasteiger partial charge in [0.05, 0.1) is 12.7 Å². The minimum atomic E-state index is -0.328. The second kappa shape index (κ2) is 7.46. The van der Waals surface area contributed by atoms with Gasteiger partial charge in [-0.2, -0.15) is 0 Å². The maximum atomic E-state index is 11.1. The van der Waals surface area contributed by atoms with Gasteiger partial charge in [-0.3, -0.25) is 0 Å². The Morgan fingerprint density at radius 1 is 1.33 bits per heavy atom. The molecule has 0 saturated carbocycles. The molecule has 0 bridgehead atoms. The molecule has 0 heterocycles. The van der Waals surface area contributed by atoms with Gasteiger partial charge in [-0.05, 0) is 27.2 Å². The van der Waals surface area contributed by atoms with Gasteiger partial charge in [0, 0.05) is 12.0 Å². The Hall–Kier alpha value is -0.830. The van der Waals surface area contributed by atoms with E-state index >= 15 is 0 Å². The number of hydrogen-bond acceptors (Lipinski definition) is 3. The van der Waals surface area contributed by atoms with Crippen molar-refractivity contribution in [3.05, 3.63) is 12.2 Å². The topological polar surface area (TPSA) is 35.5 Å². The van der Waals surface area contributed by atoms with Crippen molar-refractivity contribution < 1.29 is 14.3 Å². The van der Waals surface area contributed by atoms with Crippen LogP contribution in [-0.2, 0) is 14.3 Å². The van der Waals surface area contributed by atoms with Gasteiger partial charge < -0.3 is 9.47 Å². The van der Waals surface area contributed by atoms with Crippen molar-refractivity contribution in [1.29, 1.82) is 0 Å². The molecular weight excluding hydrogens is 192 g/mol. The van der Waals surface area contributed by atoms with Crippen molar-refractivity contribution in [3.8, 4) is 0 Å². The van der Waals surface area contributed by atoms with E-state index < -0.39 is 0 Å². The van der Waals surface area contributed by atoms with Crippen molar-refractivity contribution in [1.82, 2.24) is 0 Å². The summed E-state index contributed by atoms with van der Waals surface area (Å²) in [4.78, 5) is 11.1. The fourth-order valence-corrected chi connectivity index (χ4v) is 0.895. The van der Waals surface area contributed by atoms with Crippen molar-refractivity contribution in [2.24, 2.45) is 0 Å². The standard InChI is InChI=1S/C12H22O3/c1-6-10(4)14-8-7-11(5)15-12(13)9(2)3/h10-11H,2,6-8H2,1,3-5H3. The molecule has 0 saturated heterocycles. The molecule has 0 fully saturated rings. The van der Waals surface area contributed by atoms with Crippen LogP contribution in [0.4, 0.5) is 0 Å². The average molecular weight is 214 g/mol. The summed E-state index contributed by atoms with van der Waals surface area (Å²) in [5, 5.41) is 0. The lowest BCUT2D eigenvalue weighted by Crippen LogP contribution is -2.18. The fraction of sp³-hybridized carbons (Fsp3) is 0.750. The molecule has 0 radical (unpaired) electrons. The molecule has 3 nitrogen and oxygen atoms in total. The number of carbonyl (C=O) groups excluding carboxylic acids is 1. The van der Waals surface area contributed by atoms with Crippen LogP contribution in [0.2, 0.25) is 0 Å². The summed E-state index contributed by atoms with van der Waals surface area (Å²) in [6.45, 7) is 11.8. The van der Waals surface area contributed by atoms with Crippen LogP contribution in [0, 0.1) is 0 Å². The van der Waals surface area contributed by atoms with Crippen LogP contribution in [0.3, 0.4) is 0 Å². The molecule has 2 atom stereocenters. The molecule has 0 spiro atoms. The quantitative estimate of drug-likeness (QED) is 0.483. The van der Waals surface area contributed by atoms with E-state index in [4.69, 9.17) is 9.47 Å². The Kier molecular flexibility index (Phi) is 7.05. The third-order valence-electron chi connectivity index (χ3n) is 2.16. The molecule has 3 heteroatoms. The van der Waals surface area contributed by atoms with E-state index in [2.05, 4.69) is 13.5 Å². The minimum Gasteiger partial charge on any atom is -0.459 e. The zero-order chi connectivity index (χ0) is 11.8. The average Bonchev–Trinajstić information content (AvgIpc) is 2.17. The molecule has 88 valence electrons. The summed E-state index contributed by atoms with van der Waals surface area (Å²) in [5.41, 5.74) is 0.435. The first-order valence-electron chi connectivity index (χ1n) is 5.45. The predicted octanol–water partition coefficient (Wildman–Crippen LogP) is 2.70. The van der Waals surface area contributed by atoms with Gasteiger partial charge in [0.2, 0.25) is 0 Å². The number of carbonyl (C=O) groups is 1. The first-order chi connectivity index (χ1) is 6.97. The molecule has 0 aliphatic heterocycles. The first-order valence-corrected chi connectivity index (χ1v) is 5.45. The fourth-order valence-electron chi connectivity index (χ4n) is 0.895. The first kappa shape index (κ1) is 14.2. The van der Waals surface area contributed by atoms with Crippen LogP contribution in [-0.4, -0.2) is 24.8 Å². The Bertz CT molecular complexity index is 211. The lowest BCUT2D eigenvalue weighted by Gasteiger charge is -2.15. The summed E-state index contributed by atoms with van der Waals surface area (Å²) in [6, 6.07) is 0. The van der Waals surface area contributed by atoms with Crippen LogP contribution >= 0.6 is 0 Å². The van der Waals surface area contributed by atoms with E-state index in [1.165, 1.54) is 0 Å². The van der Waals surface area contributed by atoms with Crippen molar-refractivity contribution in [2.45, 2.75) is 52.7 Å². The van der Waals surface area contributed by atoms with Gasteiger partial charge >= 0.3 is 5.97 Å². The zero-order valence-corrected chi connectivity index (χ0v) is 10.2. The Morgan fingerprint density at radius 2 is 1.93 bits per heavy atom. The minimum absolute atomic E-state index is 0.113. The van der Waals surface area contributed by atoms with Gasteiger partial charge in [-0.25, -0.2) is 4.79 Å². The SMILES string of the molecule is C=C(C)C(=O)OC(C)CCOC(C)CC. The molecule has 0 aromatic carbocycles. The maximum absolute atomic E-state index is 11.1. The predicted molar refractivity (Wildman–Crippen MR) is 60.7 cm³/mol. The van der Waals surface area contributed by atoms with E-state index in [1.807, 2.05) is 13.8 Å². The molecule has 15 heavy (non-hydrogen) atoms. The third-order valence-corrected chi connectivity index (χ3v) is 2.16. The normalized spacial score (nSPS) is 14.4. The van der Waals surface area contributed by atoms with Crippen LogP contribution in [0.15, 0.2) is 12.2 Å². The number of rotatable bonds is 7. The second-order valence-electron chi connectivity index (χ2n) is 3.87. The highest BCUT2D eigenvalue weighted by Crippen LogP contribution is 2.04. The summed E-state index contributed by atoms with van der Waals surface area (Å²) in [6.07, 6.45) is 1.89. The molecule has 0 amide bonds. The molecule has 0 aliphatic carbocycles. The van der Waals surface area contributed by atoms with Crippen LogP contribution < -0.4 is 0 Å². The van der Waals surface area contributed by atoms with E-state index in [-0.39, 0.29) is 18.2 Å². The number of esters is 1. The lowest BCUT2D eigenvalue weighted by atomic mass is 10.3. The largest absolute Gasteiger partial charge is 0.459 e. The van der Waals surface area contributed by atoms with E-state index in [0.29, 0.717) is 12.2 Å².